The van der Waals surface area contributed by atoms with Gasteiger partial charge in [-0.2, -0.15) is 0 Å². The van der Waals surface area contributed by atoms with Crippen molar-refractivity contribution in [1.29, 1.82) is 0 Å². The van der Waals surface area contributed by atoms with E-state index in [1.54, 1.807) is 7.11 Å². The first kappa shape index (κ1) is 17.9. The van der Waals surface area contributed by atoms with Crippen molar-refractivity contribution >= 4 is 38.4 Å². The highest BCUT2D eigenvalue weighted by Gasteiger charge is 2.22. The lowest BCUT2D eigenvalue weighted by Gasteiger charge is -2.36. The number of methoxy groups -OCH3 is 1. The Balaban J connectivity index is 1.38. The summed E-state index contributed by atoms with van der Waals surface area (Å²) in [6, 6.07) is 16.2. The summed E-state index contributed by atoms with van der Waals surface area (Å²) in [7, 11) is 1.67. The quantitative estimate of drug-likeness (QED) is 0.635. The molecule has 1 amide bonds. The highest BCUT2D eigenvalue weighted by Crippen LogP contribution is 2.25. The molecule has 2 aromatic carbocycles. The molecular formula is C21H22BrN3O2. The van der Waals surface area contributed by atoms with E-state index in [-0.39, 0.29) is 5.91 Å². The summed E-state index contributed by atoms with van der Waals surface area (Å²) < 4.78 is 8.30. The van der Waals surface area contributed by atoms with E-state index in [0.717, 1.165) is 47.3 Å². The van der Waals surface area contributed by atoms with E-state index in [0.29, 0.717) is 6.54 Å². The normalized spacial score (nSPS) is 14.6. The molecule has 0 unspecified atom stereocenters. The van der Waals surface area contributed by atoms with Gasteiger partial charge in [0.25, 0.3) is 0 Å². The van der Waals surface area contributed by atoms with Crippen LogP contribution in [0.2, 0.25) is 0 Å². The predicted molar refractivity (Wildman–Crippen MR) is 111 cm³/mol. The Labute approximate surface area is 167 Å². The van der Waals surface area contributed by atoms with Gasteiger partial charge in [0, 0.05) is 53.4 Å². The van der Waals surface area contributed by atoms with Gasteiger partial charge in [-0.15, -0.1) is 0 Å². The lowest BCUT2D eigenvalue weighted by atomic mass is 10.2. The van der Waals surface area contributed by atoms with Crippen LogP contribution in [-0.2, 0) is 11.3 Å². The summed E-state index contributed by atoms with van der Waals surface area (Å²) in [5.74, 6) is 1.03. The van der Waals surface area contributed by atoms with Crippen LogP contribution in [-0.4, -0.2) is 48.7 Å². The van der Waals surface area contributed by atoms with Gasteiger partial charge >= 0.3 is 0 Å². The fourth-order valence-electron chi connectivity index (χ4n) is 3.58. The molecule has 1 aliphatic heterocycles. The number of ether oxygens (including phenoxy) is 1. The topological polar surface area (TPSA) is 37.7 Å². The fourth-order valence-corrected chi connectivity index (χ4v) is 4.06. The molecule has 27 heavy (non-hydrogen) atoms. The lowest BCUT2D eigenvalue weighted by molar-refractivity contribution is -0.132. The highest BCUT2D eigenvalue weighted by molar-refractivity contribution is 9.10. The van der Waals surface area contributed by atoms with Crippen molar-refractivity contribution in [3.63, 3.8) is 0 Å². The Morgan fingerprint density at radius 3 is 2.48 bits per heavy atom. The van der Waals surface area contributed by atoms with Gasteiger partial charge in [0.1, 0.15) is 12.3 Å². The molecule has 3 aromatic rings. The first-order valence-electron chi connectivity index (χ1n) is 9.06. The van der Waals surface area contributed by atoms with Gasteiger partial charge in [0.05, 0.1) is 7.11 Å². The molecule has 4 rings (SSSR count). The number of anilines is 1. The summed E-state index contributed by atoms with van der Waals surface area (Å²) in [6.07, 6.45) is 1.99. The molecule has 0 bridgehead atoms. The molecule has 0 atom stereocenters. The van der Waals surface area contributed by atoms with Crippen LogP contribution in [0.1, 0.15) is 0 Å². The molecule has 2 heterocycles. The van der Waals surface area contributed by atoms with Crippen LogP contribution in [0.3, 0.4) is 0 Å². The van der Waals surface area contributed by atoms with Crippen LogP contribution in [0.15, 0.2) is 59.2 Å². The molecule has 1 aliphatic rings. The van der Waals surface area contributed by atoms with Crippen LogP contribution in [0.4, 0.5) is 5.69 Å². The Morgan fingerprint density at radius 1 is 1.04 bits per heavy atom. The number of amides is 1. The van der Waals surface area contributed by atoms with Gasteiger partial charge in [-0.05, 0) is 42.5 Å². The average Bonchev–Trinajstić information content (AvgIpc) is 3.12. The summed E-state index contributed by atoms with van der Waals surface area (Å²) in [5.41, 5.74) is 2.25. The zero-order valence-electron chi connectivity index (χ0n) is 15.3. The average molecular weight is 428 g/mol. The van der Waals surface area contributed by atoms with Crippen molar-refractivity contribution in [3.8, 4) is 5.75 Å². The van der Waals surface area contributed by atoms with E-state index in [2.05, 4.69) is 39.0 Å². The molecule has 5 nitrogen and oxygen atoms in total. The number of benzene rings is 2. The molecule has 6 heteroatoms. The van der Waals surface area contributed by atoms with E-state index in [1.807, 2.05) is 46.0 Å². The standard InChI is InChI=1S/C21H22BrN3O2/c1-27-17-7-5-16(6-8-17)23-11-13-24(14-12-23)21(26)15-25-10-9-18-19(22)3-2-4-20(18)25/h2-10H,11-15H2,1H3. The van der Waals surface area contributed by atoms with Crippen LogP contribution in [0, 0.1) is 0 Å². The van der Waals surface area contributed by atoms with Gasteiger partial charge in [-0.1, -0.05) is 22.0 Å². The summed E-state index contributed by atoms with van der Waals surface area (Å²) >= 11 is 3.57. The maximum absolute atomic E-state index is 12.8. The largest absolute Gasteiger partial charge is 0.497 e. The molecule has 0 saturated carbocycles. The highest BCUT2D eigenvalue weighted by atomic mass is 79.9. The van der Waals surface area contributed by atoms with E-state index in [4.69, 9.17) is 4.74 Å². The number of nitrogens with zero attached hydrogens (tertiary/aromatic N) is 3. The molecule has 0 N–H and O–H groups in total. The van der Waals surface area contributed by atoms with Crippen molar-refractivity contribution in [2.45, 2.75) is 6.54 Å². The Kier molecular flexibility index (Phi) is 5.07. The van der Waals surface area contributed by atoms with Crippen LogP contribution in [0.5, 0.6) is 5.75 Å². The Morgan fingerprint density at radius 2 is 1.78 bits per heavy atom. The zero-order valence-corrected chi connectivity index (χ0v) is 16.9. The third-order valence-electron chi connectivity index (χ3n) is 5.14. The van der Waals surface area contributed by atoms with Crippen molar-refractivity contribution in [3.05, 3.63) is 59.2 Å². The number of rotatable bonds is 4. The van der Waals surface area contributed by atoms with Crippen molar-refractivity contribution in [1.82, 2.24) is 9.47 Å². The Hall–Kier alpha value is -2.47. The van der Waals surface area contributed by atoms with Crippen molar-refractivity contribution in [2.24, 2.45) is 0 Å². The molecule has 140 valence electrons. The van der Waals surface area contributed by atoms with Gasteiger partial charge in [0.2, 0.25) is 5.91 Å². The molecular weight excluding hydrogens is 406 g/mol. The third-order valence-corrected chi connectivity index (χ3v) is 5.83. The SMILES string of the molecule is COc1ccc(N2CCN(C(=O)Cn3ccc4c(Br)cccc43)CC2)cc1. The summed E-state index contributed by atoms with van der Waals surface area (Å²) in [5, 5.41) is 1.13. The minimum Gasteiger partial charge on any atom is -0.497 e. The van der Waals surface area contributed by atoms with Crippen LogP contribution >= 0.6 is 15.9 Å². The number of hydrogen-bond donors (Lipinski definition) is 0. The van der Waals surface area contributed by atoms with E-state index in [9.17, 15) is 4.79 Å². The molecule has 1 aromatic heterocycles. The second-order valence-corrected chi connectivity index (χ2v) is 7.54. The van der Waals surface area contributed by atoms with Gasteiger partial charge in [-0.3, -0.25) is 4.79 Å². The molecule has 0 spiro atoms. The number of fused-ring (bicyclic) bond motifs is 1. The monoisotopic (exact) mass is 427 g/mol. The van der Waals surface area contributed by atoms with Crippen LogP contribution in [0.25, 0.3) is 10.9 Å². The number of carbonyl (C=O) groups is 1. The minimum absolute atomic E-state index is 0.168. The molecule has 1 saturated heterocycles. The third kappa shape index (κ3) is 3.67. The maximum Gasteiger partial charge on any atom is 0.242 e. The maximum atomic E-state index is 12.8. The Bertz CT molecular complexity index is 944. The second kappa shape index (κ2) is 7.64. The van der Waals surface area contributed by atoms with Gasteiger partial charge < -0.3 is 19.1 Å². The number of hydrogen-bond acceptors (Lipinski definition) is 3. The lowest BCUT2D eigenvalue weighted by Crippen LogP contribution is -2.49. The first-order chi connectivity index (χ1) is 13.2. The predicted octanol–water partition coefficient (Wildman–Crippen LogP) is 3.76. The smallest absolute Gasteiger partial charge is 0.242 e. The van der Waals surface area contributed by atoms with Gasteiger partial charge in [0.15, 0.2) is 0 Å². The van der Waals surface area contributed by atoms with Gasteiger partial charge in [-0.25, -0.2) is 0 Å². The number of carbonyl (C=O) groups excluding carboxylic acids is 1. The van der Waals surface area contributed by atoms with E-state index < -0.39 is 0 Å². The number of halogens is 1. The van der Waals surface area contributed by atoms with E-state index in [1.165, 1.54) is 5.69 Å². The zero-order chi connectivity index (χ0) is 18.8. The number of piperazine rings is 1. The van der Waals surface area contributed by atoms with Crippen molar-refractivity contribution in [2.75, 3.05) is 38.2 Å². The molecule has 0 radical (unpaired) electrons. The fraction of sp³-hybridized carbons (Fsp3) is 0.286. The van der Waals surface area contributed by atoms with Crippen LogP contribution < -0.4 is 9.64 Å². The summed E-state index contributed by atoms with van der Waals surface area (Å²) in [4.78, 5) is 17.1. The van der Waals surface area contributed by atoms with E-state index >= 15 is 0 Å². The minimum atomic E-state index is 0.168. The first-order valence-corrected chi connectivity index (χ1v) is 9.85. The van der Waals surface area contributed by atoms with Crippen molar-refractivity contribution < 1.29 is 9.53 Å². The molecule has 0 aliphatic carbocycles. The summed E-state index contributed by atoms with van der Waals surface area (Å²) in [6.45, 7) is 3.55. The second-order valence-electron chi connectivity index (χ2n) is 6.68. The number of aromatic nitrogens is 1. The molecule has 1 fully saturated rings.